The van der Waals surface area contributed by atoms with Crippen LogP contribution in [0, 0.1) is 18.2 Å². The van der Waals surface area contributed by atoms with E-state index >= 15 is 0 Å². The van der Waals surface area contributed by atoms with Crippen molar-refractivity contribution in [3.63, 3.8) is 0 Å². The predicted molar refractivity (Wildman–Crippen MR) is 67.7 cm³/mol. The van der Waals surface area contributed by atoms with E-state index in [1.807, 2.05) is 6.07 Å². The molecule has 1 saturated heterocycles. The van der Waals surface area contributed by atoms with E-state index in [0.29, 0.717) is 19.6 Å². The Morgan fingerprint density at radius 1 is 1.39 bits per heavy atom. The number of methoxy groups -OCH3 is 1. The Morgan fingerprint density at radius 3 is 2.72 bits per heavy atom. The Kier molecular flexibility index (Phi) is 4.00. The lowest BCUT2D eigenvalue weighted by molar-refractivity contribution is -0.0949. The number of benzene rings is 1. The number of halogens is 1. The van der Waals surface area contributed by atoms with Gasteiger partial charge >= 0.3 is 0 Å². The van der Waals surface area contributed by atoms with Crippen molar-refractivity contribution in [3.05, 3.63) is 35.1 Å². The predicted octanol–water partition coefficient (Wildman–Crippen LogP) is 2.65. The summed E-state index contributed by atoms with van der Waals surface area (Å²) in [5.74, 6) is 2.28. The van der Waals surface area contributed by atoms with Crippen LogP contribution in [0.4, 0.5) is 4.39 Å². The number of ether oxygens (including phenoxy) is 2. The fourth-order valence-corrected chi connectivity index (χ4v) is 2.45. The molecule has 0 aromatic heterocycles. The van der Waals surface area contributed by atoms with Crippen molar-refractivity contribution in [1.29, 1.82) is 0 Å². The van der Waals surface area contributed by atoms with Gasteiger partial charge in [-0.05, 0) is 23.3 Å². The van der Waals surface area contributed by atoms with Crippen molar-refractivity contribution in [3.8, 4) is 12.3 Å². The molecular weight excluding hydrogens is 231 g/mol. The van der Waals surface area contributed by atoms with Crippen LogP contribution in [0.15, 0.2) is 18.2 Å². The normalized spacial score (nSPS) is 18.3. The third-order valence-electron chi connectivity index (χ3n) is 3.48. The Hall–Kier alpha value is -1.37. The number of hydrogen-bond donors (Lipinski definition) is 0. The van der Waals surface area contributed by atoms with Gasteiger partial charge in [-0.3, -0.25) is 0 Å². The van der Waals surface area contributed by atoms with Crippen LogP contribution in [0.25, 0.3) is 0 Å². The third kappa shape index (κ3) is 2.55. The molecule has 1 aromatic rings. The van der Waals surface area contributed by atoms with E-state index in [1.165, 1.54) is 12.1 Å². The first kappa shape index (κ1) is 13.1. The first-order valence-electron chi connectivity index (χ1n) is 6.06. The average Bonchev–Trinajstić information content (AvgIpc) is 2.39. The molecule has 18 heavy (non-hydrogen) atoms. The fraction of sp³-hybridized carbons (Fsp3) is 0.467. The molecular formula is C15H17FO2. The lowest BCUT2D eigenvalue weighted by Gasteiger charge is -2.36. The van der Waals surface area contributed by atoms with Gasteiger partial charge in [-0.15, -0.1) is 12.3 Å². The summed E-state index contributed by atoms with van der Waals surface area (Å²) >= 11 is 0. The van der Waals surface area contributed by atoms with Gasteiger partial charge < -0.3 is 9.47 Å². The Labute approximate surface area is 107 Å². The third-order valence-corrected chi connectivity index (χ3v) is 3.48. The second-order valence-electron chi connectivity index (χ2n) is 4.54. The summed E-state index contributed by atoms with van der Waals surface area (Å²) in [6.45, 7) is 1.27. The first-order chi connectivity index (χ1) is 8.70. The topological polar surface area (TPSA) is 18.5 Å². The van der Waals surface area contributed by atoms with Gasteiger partial charge in [0.15, 0.2) is 0 Å². The molecule has 0 radical (unpaired) electrons. The molecule has 3 heteroatoms. The standard InChI is InChI=1S/C15H17FO2/c1-3-4-12-9-13(11-14(16)10-12)15(17-2)5-7-18-8-6-15/h1,9-11H,4-8H2,2H3. The Balaban J connectivity index is 2.38. The van der Waals surface area contributed by atoms with Crippen LogP contribution < -0.4 is 0 Å². The fourth-order valence-electron chi connectivity index (χ4n) is 2.45. The van der Waals surface area contributed by atoms with Crippen molar-refractivity contribution in [2.75, 3.05) is 20.3 Å². The summed E-state index contributed by atoms with van der Waals surface area (Å²) in [5.41, 5.74) is 1.23. The lowest BCUT2D eigenvalue weighted by atomic mass is 9.85. The average molecular weight is 248 g/mol. The van der Waals surface area contributed by atoms with Gasteiger partial charge in [-0.25, -0.2) is 4.39 Å². The quantitative estimate of drug-likeness (QED) is 0.766. The highest BCUT2D eigenvalue weighted by Gasteiger charge is 2.34. The molecule has 1 fully saturated rings. The summed E-state index contributed by atoms with van der Waals surface area (Å²) in [4.78, 5) is 0. The minimum atomic E-state index is -0.441. The van der Waals surface area contributed by atoms with Crippen LogP contribution in [0.2, 0.25) is 0 Å². The minimum absolute atomic E-state index is 0.263. The molecule has 0 amide bonds. The molecule has 1 aromatic carbocycles. The minimum Gasteiger partial charge on any atom is -0.381 e. The van der Waals surface area contributed by atoms with Crippen LogP contribution in [-0.4, -0.2) is 20.3 Å². The van der Waals surface area contributed by atoms with Crippen molar-refractivity contribution >= 4 is 0 Å². The molecule has 0 unspecified atom stereocenters. The summed E-state index contributed by atoms with van der Waals surface area (Å²) in [5, 5.41) is 0. The van der Waals surface area contributed by atoms with E-state index in [4.69, 9.17) is 15.9 Å². The highest BCUT2D eigenvalue weighted by molar-refractivity contribution is 5.31. The zero-order valence-electron chi connectivity index (χ0n) is 10.5. The maximum Gasteiger partial charge on any atom is 0.123 e. The van der Waals surface area contributed by atoms with Gasteiger partial charge in [0.25, 0.3) is 0 Å². The van der Waals surface area contributed by atoms with Crippen LogP contribution in [-0.2, 0) is 21.5 Å². The molecule has 0 spiro atoms. The Morgan fingerprint density at radius 2 is 2.11 bits per heavy atom. The van der Waals surface area contributed by atoms with Crippen LogP contribution in [0.5, 0.6) is 0 Å². The molecule has 1 heterocycles. The highest BCUT2D eigenvalue weighted by Crippen LogP contribution is 2.36. The molecule has 2 rings (SSSR count). The maximum absolute atomic E-state index is 13.7. The zero-order chi connectivity index (χ0) is 13.0. The molecule has 0 aliphatic carbocycles. The van der Waals surface area contributed by atoms with Crippen molar-refractivity contribution in [2.45, 2.75) is 24.9 Å². The highest BCUT2D eigenvalue weighted by atomic mass is 19.1. The maximum atomic E-state index is 13.7. The van der Waals surface area contributed by atoms with E-state index in [9.17, 15) is 4.39 Å². The van der Waals surface area contributed by atoms with Gasteiger partial charge in [0.05, 0.1) is 5.60 Å². The molecule has 0 N–H and O–H groups in total. The number of terminal acetylenes is 1. The monoisotopic (exact) mass is 248 g/mol. The lowest BCUT2D eigenvalue weighted by Crippen LogP contribution is -2.35. The van der Waals surface area contributed by atoms with Crippen LogP contribution >= 0.6 is 0 Å². The largest absolute Gasteiger partial charge is 0.381 e. The van der Waals surface area contributed by atoms with Crippen LogP contribution in [0.3, 0.4) is 0 Å². The van der Waals surface area contributed by atoms with Gasteiger partial charge in [0.1, 0.15) is 5.82 Å². The smallest absolute Gasteiger partial charge is 0.123 e. The molecule has 0 bridgehead atoms. The molecule has 96 valence electrons. The van der Waals surface area contributed by atoms with Gasteiger partial charge in [-0.2, -0.15) is 0 Å². The molecule has 2 nitrogen and oxygen atoms in total. The Bertz CT molecular complexity index is 456. The summed E-state index contributed by atoms with van der Waals surface area (Å²) in [6.07, 6.45) is 7.19. The second-order valence-corrected chi connectivity index (χ2v) is 4.54. The van der Waals surface area contributed by atoms with Gasteiger partial charge in [0.2, 0.25) is 0 Å². The van der Waals surface area contributed by atoms with Gasteiger partial charge in [-0.1, -0.05) is 6.07 Å². The summed E-state index contributed by atoms with van der Waals surface area (Å²) in [7, 11) is 1.66. The van der Waals surface area contributed by atoms with Crippen molar-refractivity contribution < 1.29 is 13.9 Å². The van der Waals surface area contributed by atoms with Crippen LogP contribution in [0.1, 0.15) is 24.0 Å². The molecule has 1 aliphatic heterocycles. The first-order valence-corrected chi connectivity index (χ1v) is 6.06. The van der Waals surface area contributed by atoms with E-state index in [2.05, 4.69) is 5.92 Å². The molecule has 0 atom stereocenters. The summed E-state index contributed by atoms with van der Waals surface area (Å²) < 4.78 is 24.7. The molecule has 1 aliphatic rings. The van der Waals surface area contributed by atoms with Gasteiger partial charge in [0, 0.05) is 39.6 Å². The van der Waals surface area contributed by atoms with E-state index in [0.717, 1.165) is 24.0 Å². The second kappa shape index (κ2) is 5.51. The SMILES string of the molecule is C#CCc1cc(F)cc(C2(OC)CCOCC2)c1. The van der Waals surface area contributed by atoms with E-state index in [-0.39, 0.29) is 5.82 Å². The molecule has 0 saturated carbocycles. The number of rotatable bonds is 3. The zero-order valence-corrected chi connectivity index (χ0v) is 10.5. The van der Waals surface area contributed by atoms with Crippen molar-refractivity contribution in [2.24, 2.45) is 0 Å². The van der Waals surface area contributed by atoms with E-state index in [1.54, 1.807) is 7.11 Å². The number of hydrogen-bond acceptors (Lipinski definition) is 2. The van der Waals surface area contributed by atoms with Crippen molar-refractivity contribution in [1.82, 2.24) is 0 Å². The van der Waals surface area contributed by atoms with E-state index < -0.39 is 5.60 Å². The summed E-state index contributed by atoms with van der Waals surface area (Å²) in [6, 6.07) is 4.96.